The summed E-state index contributed by atoms with van der Waals surface area (Å²) in [6.45, 7) is 3.60. The molecule has 1 amide bonds. The van der Waals surface area contributed by atoms with Crippen molar-refractivity contribution < 1.29 is 4.79 Å². The molecule has 0 spiro atoms. The number of carbonyl (C=O) groups is 1. The van der Waals surface area contributed by atoms with Gasteiger partial charge in [0.05, 0.1) is 6.54 Å². The van der Waals surface area contributed by atoms with E-state index in [1.165, 1.54) is 0 Å². The Kier molecular flexibility index (Phi) is 6.15. The summed E-state index contributed by atoms with van der Waals surface area (Å²) in [5, 5.41) is 0. The minimum absolute atomic E-state index is 0.231. The van der Waals surface area contributed by atoms with Crippen LogP contribution < -0.4 is 16.4 Å². The molecule has 100 valence electrons. The Morgan fingerprint density at radius 2 is 2.17 bits per heavy atom. The maximum atomic E-state index is 11.2. The fourth-order valence-electron chi connectivity index (χ4n) is 1.85. The minimum Gasteiger partial charge on any atom is -0.368 e. The van der Waals surface area contributed by atoms with E-state index >= 15 is 0 Å². The van der Waals surface area contributed by atoms with Crippen LogP contribution in [-0.4, -0.2) is 19.0 Å². The molecule has 0 aliphatic heterocycles. The van der Waals surface area contributed by atoms with Gasteiger partial charge in [-0.25, -0.2) is 0 Å². The van der Waals surface area contributed by atoms with E-state index in [1.54, 1.807) is 0 Å². The SMILES string of the molecule is CCCCN(CC(N)=O)c1ccc(Br)cc1CN. The molecule has 0 unspecified atom stereocenters. The topological polar surface area (TPSA) is 72.3 Å². The van der Waals surface area contributed by atoms with Crippen LogP contribution in [0.2, 0.25) is 0 Å². The highest BCUT2D eigenvalue weighted by Crippen LogP contribution is 2.24. The average molecular weight is 314 g/mol. The van der Waals surface area contributed by atoms with Crippen LogP contribution in [0.3, 0.4) is 0 Å². The number of rotatable bonds is 7. The number of hydrogen-bond acceptors (Lipinski definition) is 3. The van der Waals surface area contributed by atoms with E-state index in [1.807, 2.05) is 23.1 Å². The highest BCUT2D eigenvalue weighted by molar-refractivity contribution is 9.10. The van der Waals surface area contributed by atoms with E-state index in [4.69, 9.17) is 11.5 Å². The lowest BCUT2D eigenvalue weighted by atomic mass is 10.1. The number of primary amides is 1. The Balaban J connectivity index is 2.98. The summed E-state index contributed by atoms with van der Waals surface area (Å²) in [6, 6.07) is 5.91. The minimum atomic E-state index is -0.322. The van der Waals surface area contributed by atoms with Gasteiger partial charge >= 0.3 is 0 Å². The Labute approximate surface area is 116 Å². The maximum absolute atomic E-state index is 11.2. The van der Waals surface area contributed by atoms with E-state index in [0.29, 0.717) is 6.54 Å². The van der Waals surface area contributed by atoms with Crippen molar-refractivity contribution in [3.8, 4) is 0 Å². The van der Waals surface area contributed by atoms with Crippen LogP contribution in [0.1, 0.15) is 25.3 Å². The molecule has 1 rings (SSSR count). The van der Waals surface area contributed by atoms with Crippen LogP contribution in [-0.2, 0) is 11.3 Å². The summed E-state index contributed by atoms with van der Waals surface area (Å²) >= 11 is 3.42. The van der Waals surface area contributed by atoms with Crippen LogP contribution in [0, 0.1) is 0 Å². The molecule has 5 heteroatoms. The molecule has 0 radical (unpaired) electrons. The molecule has 0 bridgehead atoms. The first-order valence-corrected chi connectivity index (χ1v) is 6.89. The van der Waals surface area contributed by atoms with Gasteiger partial charge in [0.2, 0.25) is 5.91 Å². The number of benzene rings is 1. The highest BCUT2D eigenvalue weighted by Gasteiger charge is 2.12. The molecule has 0 atom stereocenters. The number of halogens is 1. The second kappa shape index (κ2) is 7.38. The van der Waals surface area contributed by atoms with Crippen LogP contribution in [0.4, 0.5) is 5.69 Å². The van der Waals surface area contributed by atoms with Gasteiger partial charge in [-0.3, -0.25) is 4.79 Å². The molecule has 1 aromatic carbocycles. The lowest BCUT2D eigenvalue weighted by molar-refractivity contribution is -0.116. The van der Waals surface area contributed by atoms with Gasteiger partial charge in [-0.2, -0.15) is 0 Å². The Morgan fingerprint density at radius 1 is 1.44 bits per heavy atom. The van der Waals surface area contributed by atoms with Gasteiger partial charge in [0.1, 0.15) is 0 Å². The van der Waals surface area contributed by atoms with E-state index in [2.05, 4.69) is 22.9 Å². The van der Waals surface area contributed by atoms with Crippen LogP contribution in [0.25, 0.3) is 0 Å². The van der Waals surface area contributed by atoms with E-state index in [-0.39, 0.29) is 12.5 Å². The lowest BCUT2D eigenvalue weighted by Crippen LogP contribution is -2.35. The first kappa shape index (κ1) is 15.0. The summed E-state index contributed by atoms with van der Waals surface area (Å²) in [7, 11) is 0. The molecule has 0 aromatic heterocycles. The highest BCUT2D eigenvalue weighted by atomic mass is 79.9. The van der Waals surface area contributed by atoms with Gasteiger partial charge in [-0.15, -0.1) is 0 Å². The largest absolute Gasteiger partial charge is 0.368 e. The smallest absolute Gasteiger partial charge is 0.236 e. The van der Waals surface area contributed by atoms with Crippen molar-refractivity contribution in [1.82, 2.24) is 0 Å². The zero-order chi connectivity index (χ0) is 13.5. The van der Waals surface area contributed by atoms with Gasteiger partial charge in [0.15, 0.2) is 0 Å². The molecule has 4 nitrogen and oxygen atoms in total. The van der Waals surface area contributed by atoms with Crippen molar-refractivity contribution in [3.63, 3.8) is 0 Å². The second-order valence-corrected chi connectivity index (χ2v) is 5.13. The number of amides is 1. The van der Waals surface area contributed by atoms with Crippen molar-refractivity contribution >= 4 is 27.5 Å². The third kappa shape index (κ3) is 4.31. The van der Waals surface area contributed by atoms with Crippen molar-refractivity contribution in [1.29, 1.82) is 0 Å². The van der Waals surface area contributed by atoms with E-state index in [0.717, 1.165) is 35.1 Å². The van der Waals surface area contributed by atoms with E-state index in [9.17, 15) is 4.79 Å². The quantitative estimate of drug-likeness (QED) is 0.808. The molecule has 0 aliphatic rings. The third-order valence-corrected chi connectivity index (χ3v) is 3.22. The van der Waals surface area contributed by atoms with E-state index < -0.39 is 0 Å². The fraction of sp³-hybridized carbons (Fsp3) is 0.462. The molecular weight excluding hydrogens is 294 g/mol. The summed E-state index contributed by atoms with van der Waals surface area (Å²) < 4.78 is 0.987. The second-order valence-electron chi connectivity index (χ2n) is 4.22. The molecule has 0 aliphatic carbocycles. The number of hydrogen-bond donors (Lipinski definition) is 2. The number of nitrogens with two attached hydrogens (primary N) is 2. The van der Waals surface area contributed by atoms with Crippen LogP contribution in [0.5, 0.6) is 0 Å². The predicted molar refractivity (Wildman–Crippen MR) is 78.3 cm³/mol. The van der Waals surface area contributed by atoms with Gasteiger partial charge in [-0.1, -0.05) is 29.3 Å². The van der Waals surface area contributed by atoms with Crippen molar-refractivity contribution in [3.05, 3.63) is 28.2 Å². The molecule has 0 heterocycles. The first-order valence-electron chi connectivity index (χ1n) is 6.10. The summed E-state index contributed by atoms with van der Waals surface area (Å²) in [6.07, 6.45) is 2.09. The molecule has 18 heavy (non-hydrogen) atoms. The summed E-state index contributed by atoms with van der Waals surface area (Å²) in [5.74, 6) is -0.322. The lowest BCUT2D eigenvalue weighted by Gasteiger charge is -2.25. The van der Waals surface area contributed by atoms with Crippen molar-refractivity contribution in [2.24, 2.45) is 11.5 Å². The first-order chi connectivity index (χ1) is 8.58. The van der Waals surface area contributed by atoms with Crippen LogP contribution >= 0.6 is 15.9 Å². The molecule has 0 fully saturated rings. The van der Waals surface area contributed by atoms with Gasteiger partial charge in [0.25, 0.3) is 0 Å². The Hall–Kier alpha value is -1.07. The molecule has 0 saturated carbocycles. The normalized spacial score (nSPS) is 10.4. The van der Waals surface area contributed by atoms with Crippen LogP contribution in [0.15, 0.2) is 22.7 Å². The molecule has 1 aromatic rings. The number of nitrogens with zero attached hydrogens (tertiary/aromatic N) is 1. The van der Waals surface area contributed by atoms with Gasteiger partial charge in [0, 0.05) is 23.2 Å². The van der Waals surface area contributed by atoms with Crippen molar-refractivity contribution in [2.45, 2.75) is 26.3 Å². The monoisotopic (exact) mass is 313 g/mol. The third-order valence-electron chi connectivity index (χ3n) is 2.73. The Bertz CT molecular complexity index is 409. The Morgan fingerprint density at radius 3 is 2.72 bits per heavy atom. The molecular formula is C13H20BrN3O. The summed E-state index contributed by atoms with van der Waals surface area (Å²) in [5.41, 5.74) is 13.1. The maximum Gasteiger partial charge on any atom is 0.236 e. The molecule has 4 N–H and O–H groups in total. The zero-order valence-electron chi connectivity index (χ0n) is 10.7. The predicted octanol–water partition coefficient (Wildman–Crippen LogP) is 2.00. The number of anilines is 1. The average Bonchev–Trinajstić information content (AvgIpc) is 2.34. The van der Waals surface area contributed by atoms with Gasteiger partial charge in [-0.05, 0) is 30.2 Å². The molecule has 0 saturated heterocycles. The summed E-state index contributed by atoms with van der Waals surface area (Å²) in [4.78, 5) is 13.2. The number of carbonyl (C=O) groups excluding carboxylic acids is 1. The number of unbranched alkanes of at least 4 members (excludes halogenated alkanes) is 1. The zero-order valence-corrected chi connectivity index (χ0v) is 12.2. The van der Waals surface area contributed by atoms with Crippen molar-refractivity contribution in [2.75, 3.05) is 18.0 Å². The standard InChI is InChI=1S/C13H20BrN3O/c1-2-3-6-17(9-13(16)18)12-5-4-11(14)7-10(12)8-15/h4-5,7H,2-3,6,8-9,15H2,1H3,(H2,16,18). The van der Waals surface area contributed by atoms with Gasteiger partial charge < -0.3 is 16.4 Å². The fourth-order valence-corrected chi connectivity index (χ4v) is 2.26.